The lowest BCUT2D eigenvalue weighted by Crippen LogP contribution is -2.34. The average Bonchev–Trinajstić information content (AvgIpc) is 2.42. The minimum atomic E-state index is -3.53. The molecule has 0 aliphatic heterocycles. The summed E-state index contributed by atoms with van der Waals surface area (Å²) < 4.78 is 31.3. The van der Waals surface area contributed by atoms with Crippen molar-refractivity contribution in [2.24, 2.45) is 5.92 Å². The van der Waals surface area contributed by atoms with Crippen LogP contribution in [0.3, 0.4) is 0 Å². The van der Waals surface area contributed by atoms with E-state index in [1.807, 2.05) is 13.8 Å². The molecular formula is C14H21NO5S. The fourth-order valence-electron chi connectivity index (χ4n) is 1.81. The van der Waals surface area contributed by atoms with Crippen LogP contribution in [0.4, 0.5) is 0 Å². The summed E-state index contributed by atoms with van der Waals surface area (Å²) in [7, 11) is -3.53. The fraction of sp³-hybridized carbons (Fsp3) is 0.500. The third-order valence-corrected chi connectivity index (χ3v) is 4.70. The van der Waals surface area contributed by atoms with E-state index in [9.17, 15) is 13.2 Å². The van der Waals surface area contributed by atoms with Crippen LogP contribution >= 0.6 is 0 Å². The van der Waals surface area contributed by atoms with Crippen LogP contribution in [0.15, 0.2) is 29.2 Å². The molecule has 0 unspecified atom stereocenters. The highest BCUT2D eigenvalue weighted by Gasteiger charge is 2.23. The summed E-state index contributed by atoms with van der Waals surface area (Å²) in [6, 6.07) is 5.77. The molecule has 0 spiro atoms. The first kappa shape index (κ1) is 17.5. The predicted octanol–water partition coefficient (Wildman–Crippen LogP) is 1.82. The van der Waals surface area contributed by atoms with Crippen molar-refractivity contribution in [3.63, 3.8) is 0 Å². The molecule has 0 aliphatic rings. The lowest BCUT2D eigenvalue weighted by Gasteiger charge is -2.22. The Morgan fingerprint density at radius 3 is 2.29 bits per heavy atom. The average molecular weight is 315 g/mol. The normalized spacial score (nSPS) is 11.9. The first-order chi connectivity index (χ1) is 9.77. The van der Waals surface area contributed by atoms with E-state index < -0.39 is 22.6 Å². The van der Waals surface area contributed by atoms with Crippen LogP contribution in [0.1, 0.15) is 20.8 Å². The predicted molar refractivity (Wildman–Crippen MR) is 78.8 cm³/mol. The molecule has 0 radical (unpaired) electrons. The van der Waals surface area contributed by atoms with Gasteiger partial charge in [-0.05, 0) is 30.2 Å². The van der Waals surface area contributed by atoms with Crippen LogP contribution in [-0.4, -0.2) is 43.5 Å². The molecule has 0 bridgehead atoms. The van der Waals surface area contributed by atoms with Crippen molar-refractivity contribution in [3.8, 4) is 5.75 Å². The summed E-state index contributed by atoms with van der Waals surface area (Å²) in [6.45, 7) is 6.11. The van der Waals surface area contributed by atoms with Gasteiger partial charge in [-0.25, -0.2) is 13.2 Å². The molecule has 6 nitrogen and oxygen atoms in total. The summed E-state index contributed by atoms with van der Waals surface area (Å²) in [4.78, 5) is 10.6. The van der Waals surface area contributed by atoms with Gasteiger partial charge in [0.15, 0.2) is 6.61 Å². The summed E-state index contributed by atoms with van der Waals surface area (Å²) >= 11 is 0. The van der Waals surface area contributed by atoms with E-state index in [-0.39, 0.29) is 10.8 Å². The molecule has 0 aliphatic carbocycles. The van der Waals surface area contributed by atoms with Crippen molar-refractivity contribution in [1.29, 1.82) is 0 Å². The molecule has 0 amide bonds. The zero-order valence-electron chi connectivity index (χ0n) is 12.4. The van der Waals surface area contributed by atoms with Crippen molar-refractivity contribution in [2.75, 3.05) is 19.7 Å². The number of hydrogen-bond acceptors (Lipinski definition) is 4. The molecule has 0 heterocycles. The molecule has 0 atom stereocenters. The molecule has 7 heteroatoms. The van der Waals surface area contributed by atoms with Crippen LogP contribution in [0.5, 0.6) is 5.75 Å². The molecule has 0 fully saturated rings. The van der Waals surface area contributed by atoms with Crippen molar-refractivity contribution in [1.82, 2.24) is 4.31 Å². The number of benzene rings is 1. The summed E-state index contributed by atoms with van der Waals surface area (Å²) in [5.41, 5.74) is 0. The Bertz CT molecular complexity index is 566. The van der Waals surface area contributed by atoms with E-state index in [1.54, 1.807) is 6.92 Å². The van der Waals surface area contributed by atoms with Gasteiger partial charge in [-0.3, -0.25) is 0 Å². The maximum atomic E-state index is 12.5. The maximum absolute atomic E-state index is 12.5. The van der Waals surface area contributed by atoms with E-state index in [4.69, 9.17) is 9.84 Å². The zero-order chi connectivity index (χ0) is 16.0. The van der Waals surface area contributed by atoms with E-state index in [0.29, 0.717) is 18.8 Å². The number of ether oxygens (including phenoxy) is 1. The number of aliphatic carboxylic acids is 1. The largest absolute Gasteiger partial charge is 0.482 e. The molecular weight excluding hydrogens is 294 g/mol. The molecule has 1 N–H and O–H groups in total. The third kappa shape index (κ3) is 5.02. The lowest BCUT2D eigenvalue weighted by molar-refractivity contribution is -0.139. The van der Waals surface area contributed by atoms with Crippen molar-refractivity contribution >= 4 is 16.0 Å². The van der Waals surface area contributed by atoms with Gasteiger partial charge < -0.3 is 9.84 Å². The van der Waals surface area contributed by atoms with Crippen LogP contribution < -0.4 is 4.74 Å². The Morgan fingerprint density at radius 2 is 1.86 bits per heavy atom. The molecule has 1 aromatic rings. The number of carboxylic acid groups (broad SMARTS) is 1. The highest BCUT2D eigenvalue weighted by atomic mass is 32.2. The van der Waals surface area contributed by atoms with Gasteiger partial charge in [0, 0.05) is 13.1 Å². The number of carbonyl (C=O) groups is 1. The number of nitrogens with zero attached hydrogens (tertiary/aromatic N) is 1. The summed E-state index contributed by atoms with van der Waals surface area (Å²) in [5.74, 6) is -0.526. The fourth-order valence-corrected chi connectivity index (χ4v) is 3.42. The summed E-state index contributed by atoms with van der Waals surface area (Å²) in [5, 5.41) is 8.52. The molecule has 21 heavy (non-hydrogen) atoms. The topological polar surface area (TPSA) is 83.9 Å². The van der Waals surface area contributed by atoms with Crippen LogP contribution in [0.2, 0.25) is 0 Å². The minimum absolute atomic E-state index is 0.174. The zero-order valence-corrected chi connectivity index (χ0v) is 13.3. The standard InChI is InChI=1S/C14H21NO5S/c1-4-15(9-11(2)3)21(18,19)13-7-5-12(6-8-13)20-10-14(16)17/h5-8,11H,4,9-10H2,1-3H3,(H,16,17). The molecule has 0 saturated carbocycles. The first-order valence-corrected chi connectivity index (χ1v) is 8.16. The third-order valence-electron chi connectivity index (χ3n) is 2.75. The van der Waals surface area contributed by atoms with Gasteiger partial charge >= 0.3 is 5.97 Å². The Hall–Kier alpha value is -1.60. The highest BCUT2D eigenvalue weighted by molar-refractivity contribution is 7.89. The van der Waals surface area contributed by atoms with E-state index in [0.717, 1.165) is 0 Å². The number of rotatable bonds is 8. The Morgan fingerprint density at radius 1 is 1.29 bits per heavy atom. The Labute approximate surface area is 125 Å². The number of sulfonamides is 1. The number of hydrogen-bond donors (Lipinski definition) is 1. The second-order valence-electron chi connectivity index (χ2n) is 5.00. The quantitative estimate of drug-likeness (QED) is 0.791. The SMILES string of the molecule is CCN(CC(C)C)S(=O)(=O)c1ccc(OCC(=O)O)cc1. The van der Waals surface area contributed by atoms with Gasteiger partial charge in [0.2, 0.25) is 10.0 Å². The summed E-state index contributed by atoms with van der Waals surface area (Å²) in [6.07, 6.45) is 0. The highest BCUT2D eigenvalue weighted by Crippen LogP contribution is 2.20. The molecule has 0 saturated heterocycles. The van der Waals surface area contributed by atoms with E-state index >= 15 is 0 Å². The van der Waals surface area contributed by atoms with Gasteiger partial charge in [0.25, 0.3) is 0 Å². The Kier molecular flexibility index (Phi) is 6.17. The van der Waals surface area contributed by atoms with E-state index in [1.165, 1.54) is 28.6 Å². The maximum Gasteiger partial charge on any atom is 0.341 e. The molecule has 118 valence electrons. The second kappa shape index (κ2) is 7.42. The molecule has 0 aromatic heterocycles. The number of carboxylic acids is 1. The van der Waals surface area contributed by atoms with Crippen LogP contribution in [-0.2, 0) is 14.8 Å². The van der Waals surface area contributed by atoms with Crippen LogP contribution in [0.25, 0.3) is 0 Å². The van der Waals surface area contributed by atoms with Crippen molar-refractivity contribution < 1.29 is 23.1 Å². The van der Waals surface area contributed by atoms with Gasteiger partial charge in [0.05, 0.1) is 4.90 Å². The van der Waals surface area contributed by atoms with Crippen LogP contribution in [0, 0.1) is 5.92 Å². The van der Waals surface area contributed by atoms with E-state index in [2.05, 4.69) is 0 Å². The van der Waals surface area contributed by atoms with Gasteiger partial charge in [-0.15, -0.1) is 0 Å². The monoisotopic (exact) mass is 315 g/mol. The lowest BCUT2D eigenvalue weighted by atomic mass is 10.2. The van der Waals surface area contributed by atoms with Gasteiger partial charge in [-0.1, -0.05) is 20.8 Å². The molecule has 1 rings (SSSR count). The molecule has 1 aromatic carbocycles. The Balaban J connectivity index is 2.90. The van der Waals surface area contributed by atoms with Crippen molar-refractivity contribution in [3.05, 3.63) is 24.3 Å². The van der Waals surface area contributed by atoms with Gasteiger partial charge in [-0.2, -0.15) is 4.31 Å². The van der Waals surface area contributed by atoms with Crippen molar-refractivity contribution in [2.45, 2.75) is 25.7 Å². The minimum Gasteiger partial charge on any atom is -0.482 e. The smallest absolute Gasteiger partial charge is 0.341 e. The second-order valence-corrected chi connectivity index (χ2v) is 6.94. The van der Waals surface area contributed by atoms with Gasteiger partial charge in [0.1, 0.15) is 5.75 Å². The first-order valence-electron chi connectivity index (χ1n) is 6.72.